The van der Waals surface area contributed by atoms with Crippen LogP contribution in [0.2, 0.25) is 0 Å². The molecule has 0 fully saturated rings. The predicted molar refractivity (Wildman–Crippen MR) is 111 cm³/mol. The largest absolute Gasteiger partial charge is 0.497 e. The Morgan fingerprint density at radius 3 is 2.57 bits per heavy atom. The molecule has 0 bridgehead atoms. The molecule has 1 amide bonds. The predicted octanol–water partition coefficient (Wildman–Crippen LogP) is 4.49. The van der Waals surface area contributed by atoms with E-state index in [9.17, 15) is 4.79 Å². The van der Waals surface area contributed by atoms with E-state index in [1.807, 2.05) is 47.8 Å². The van der Waals surface area contributed by atoms with Crippen LogP contribution in [-0.2, 0) is 4.79 Å². The number of hydrogen-bond acceptors (Lipinski definition) is 6. The van der Waals surface area contributed by atoms with Crippen molar-refractivity contribution in [2.24, 2.45) is 0 Å². The Kier molecular flexibility index (Phi) is 6.29. The highest BCUT2D eigenvalue weighted by molar-refractivity contribution is 7.14. The van der Waals surface area contributed by atoms with E-state index in [0.717, 1.165) is 16.9 Å². The van der Waals surface area contributed by atoms with Crippen molar-refractivity contribution in [1.29, 1.82) is 0 Å². The second-order valence-electron chi connectivity index (χ2n) is 5.70. The van der Waals surface area contributed by atoms with Crippen molar-refractivity contribution in [2.75, 3.05) is 26.6 Å². The zero-order valence-corrected chi connectivity index (χ0v) is 16.6. The molecule has 1 aromatic heterocycles. The van der Waals surface area contributed by atoms with Gasteiger partial charge in [0.2, 0.25) is 5.91 Å². The van der Waals surface area contributed by atoms with Crippen molar-refractivity contribution in [1.82, 2.24) is 4.98 Å². The topological polar surface area (TPSA) is 69.7 Å². The first kappa shape index (κ1) is 19.4. The number of anilines is 1. The number of thiazole rings is 1. The lowest BCUT2D eigenvalue weighted by molar-refractivity contribution is -0.111. The smallest absolute Gasteiger partial charge is 0.250 e. The van der Waals surface area contributed by atoms with Gasteiger partial charge in [-0.3, -0.25) is 10.1 Å². The minimum absolute atomic E-state index is 0.263. The molecule has 0 saturated carbocycles. The third-order valence-corrected chi connectivity index (χ3v) is 4.70. The molecule has 0 saturated heterocycles. The first-order valence-corrected chi connectivity index (χ1v) is 9.32. The van der Waals surface area contributed by atoms with E-state index in [-0.39, 0.29) is 5.91 Å². The SMILES string of the molecule is COc1cccc(/C=C/C(=O)Nc2nc(-c3cc(OC)ccc3OC)cs2)c1. The summed E-state index contributed by atoms with van der Waals surface area (Å²) in [6, 6.07) is 12.9. The van der Waals surface area contributed by atoms with Gasteiger partial charge in [0.25, 0.3) is 0 Å². The van der Waals surface area contributed by atoms with Crippen LogP contribution in [0.15, 0.2) is 53.9 Å². The minimum atomic E-state index is -0.263. The van der Waals surface area contributed by atoms with E-state index in [0.29, 0.717) is 22.3 Å². The lowest BCUT2D eigenvalue weighted by atomic mass is 10.1. The van der Waals surface area contributed by atoms with Crippen LogP contribution in [0.25, 0.3) is 17.3 Å². The molecule has 7 heteroatoms. The Balaban J connectivity index is 1.72. The van der Waals surface area contributed by atoms with Gasteiger partial charge in [0, 0.05) is 17.0 Å². The standard InChI is InChI=1S/C21H20N2O4S/c1-25-15-6-4-5-14(11-15)7-10-20(24)23-21-22-18(13-28-21)17-12-16(26-2)8-9-19(17)27-3/h4-13H,1-3H3,(H,22,23,24)/b10-7+. The second-order valence-corrected chi connectivity index (χ2v) is 6.56. The summed E-state index contributed by atoms with van der Waals surface area (Å²) in [5, 5.41) is 5.14. The van der Waals surface area contributed by atoms with Gasteiger partial charge in [-0.1, -0.05) is 12.1 Å². The lowest BCUT2D eigenvalue weighted by Gasteiger charge is -2.08. The maximum atomic E-state index is 12.2. The Morgan fingerprint density at radius 1 is 1.04 bits per heavy atom. The van der Waals surface area contributed by atoms with Crippen molar-refractivity contribution in [3.05, 3.63) is 59.5 Å². The van der Waals surface area contributed by atoms with E-state index in [1.54, 1.807) is 27.4 Å². The zero-order valence-electron chi connectivity index (χ0n) is 15.8. The van der Waals surface area contributed by atoms with Crippen molar-refractivity contribution in [2.45, 2.75) is 0 Å². The van der Waals surface area contributed by atoms with Crippen LogP contribution in [-0.4, -0.2) is 32.2 Å². The third kappa shape index (κ3) is 4.69. The number of nitrogens with one attached hydrogen (secondary N) is 1. The molecule has 1 N–H and O–H groups in total. The molecular weight excluding hydrogens is 376 g/mol. The number of aromatic nitrogens is 1. The summed E-state index contributed by atoms with van der Waals surface area (Å²) < 4.78 is 15.8. The molecule has 2 aromatic carbocycles. The summed E-state index contributed by atoms with van der Waals surface area (Å²) in [5.41, 5.74) is 2.37. The Morgan fingerprint density at radius 2 is 1.82 bits per heavy atom. The van der Waals surface area contributed by atoms with Gasteiger partial charge in [-0.05, 0) is 42.0 Å². The van der Waals surface area contributed by atoms with E-state index in [2.05, 4.69) is 10.3 Å². The monoisotopic (exact) mass is 396 g/mol. The summed E-state index contributed by atoms with van der Waals surface area (Å²) in [6.07, 6.45) is 3.18. The second kappa shape index (κ2) is 9.05. The highest BCUT2D eigenvalue weighted by Gasteiger charge is 2.12. The van der Waals surface area contributed by atoms with Gasteiger partial charge in [0.05, 0.1) is 27.0 Å². The van der Waals surface area contributed by atoms with Gasteiger partial charge in [0.1, 0.15) is 17.2 Å². The van der Waals surface area contributed by atoms with Gasteiger partial charge in [0.15, 0.2) is 5.13 Å². The fourth-order valence-corrected chi connectivity index (χ4v) is 3.25. The van der Waals surface area contributed by atoms with Crippen LogP contribution < -0.4 is 19.5 Å². The van der Waals surface area contributed by atoms with Gasteiger partial charge >= 0.3 is 0 Å². The molecule has 3 rings (SSSR count). The lowest BCUT2D eigenvalue weighted by Crippen LogP contribution is -2.07. The fourth-order valence-electron chi connectivity index (χ4n) is 2.53. The highest BCUT2D eigenvalue weighted by atomic mass is 32.1. The number of hydrogen-bond donors (Lipinski definition) is 1. The Bertz CT molecular complexity index is 998. The van der Waals surface area contributed by atoms with Crippen LogP contribution in [0, 0.1) is 0 Å². The van der Waals surface area contributed by atoms with Gasteiger partial charge < -0.3 is 14.2 Å². The fraction of sp³-hybridized carbons (Fsp3) is 0.143. The van der Waals surface area contributed by atoms with Gasteiger partial charge in [-0.2, -0.15) is 0 Å². The van der Waals surface area contributed by atoms with E-state index in [4.69, 9.17) is 14.2 Å². The summed E-state index contributed by atoms with van der Waals surface area (Å²) >= 11 is 1.34. The normalized spacial score (nSPS) is 10.7. The Hall–Kier alpha value is -3.32. The molecule has 6 nitrogen and oxygen atoms in total. The van der Waals surface area contributed by atoms with E-state index < -0.39 is 0 Å². The number of nitrogens with zero attached hydrogens (tertiary/aromatic N) is 1. The Labute approximate surface area is 167 Å². The third-order valence-electron chi connectivity index (χ3n) is 3.94. The molecular formula is C21H20N2O4S. The van der Waals surface area contributed by atoms with Gasteiger partial charge in [-0.15, -0.1) is 11.3 Å². The average Bonchev–Trinajstić information content (AvgIpc) is 3.20. The molecule has 0 radical (unpaired) electrons. The molecule has 144 valence electrons. The average molecular weight is 396 g/mol. The van der Waals surface area contributed by atoms with E-state index in [1.165, 1.54) is 17.4 Å². The first-order valence-electron chi connectivity index (χ1n) is 8.44. The van der Waals surface area contributed by atoms with Crippen molar-refractivity contribution >= 4 is 28.5 Å². The number of amides is 1. The van der Waals surface area contributed by atoms with Crippen LogP contribution >= 0.6 is 11.3 Å². The highest BCUT2D eigenvalue weighted by Crippen LogP contribution is 2.35. The zero-order chi connectivity index (χ0) is 19.9. The summed E-state index contributed by atoms with van der Waals surface area (Å²) in [4.78, 5) is 16.7. The molecule has 0 atom stereocenters. The maximum absolute atomic E-state index is 12.2. The quantitative estimate of drug-likeness (QED) is 0.596. The summed E-state index contributed by atoms with van der Waals surface area (Å²) in [7, 11) is 4.81. The molecule has 0 aliphatic heterocycles. The molecule has 0 spiro atoms. The van der Waals surface area contributed by atoms with Crippen molar-refractivity contribution in [3.8, 4) is 28.5 Å². The van der Waals surface area contributed by atoms with Gasteiger partial charge in [-0.25, -0.2) is 4.98 Å². The molecule has 28 heavy (non-hydrogen) atoms. The number of carbonyl (C=O) groups excluding carboxylic acids is 1. The van der Waals surface area contributed by atoms with Crippen LogP contribution in [0.1, 0.15) is 5.56 Å². The number of benzene rings is 2. The van der Waals surface area contributed by atoms with Crippen LogP contribution in [0.4, 0.5) is 5.13 Å². The van der Waals surface area contributed by atoms with E-state index >= 15 is 0 Å². The maximum Gasteiger partial charge on any atom is 0.250 e. The number of methoxy groups -OCH3 is 3. The minimum Gasteiger partial charge on any atom is -0.497 e. The van der Waals surface area contributed by atoms with Crippen LogP contribution in [0.3, 0.4) is 0 Å². The molecule has 0 unspecified atom stereocenters. The molecule has 3 aromatic rings. The molecule has 0 aliphatic rings. The number of carbonyl (C=O) groups is 1. The number of ether oxygens (including phenoxy) is 3. The van der Waals surface area contributed by atoms with Crippen molar-refractivity contribution < 1.29 is 19.0 Å². The summed E-state index contributed by atoms with van der Waals surface area (Å²) in [6.45, 7) is 0. The first-order chi connectivity index (χ1) is 13.6. The van der Waals surface area contributed by atoms with Crippen LogP contribution in [0.5, 0.6) is 17.2 Å². The summed E-state index contributed by atoms with van der Waals surface area (Å²) in [5.74, 6) is 1.86. The van der Waals surface area contributed by atoms with Crippen molar-refractivity contribution in [3.63, 3.8) is 0 Å². The molecule has 1 heterocycles. The number of rotatable bonds is 7. The molecule has 0 aliphatic carbocycles.